The molecule has 0 spiro atoms. The van der Waals surface area contributed by atoms with Crippen LogP contribution in [0.2, 0.25) is 0 Å². The maximum absolute atomic E-state index is 12.7. The van der Waals surface area contributed by atoms with Gasteiger partial charge in [0.05, 0.1) is 33.1 Å². The van der Waals surface area contributed by atoms with Gasteiger partial charge in [-0.1, -0.05) is 18.2 Å². The van der Waals surface area contributed by atoms with Gasteiger partial charge in [-0.2, -0.15) is 0 Å². The number of hydrogen-bond donors (Lipinski definition) is 4. The average Bonchev–Trinajstić information content (AvgIpc) is 3.24. The lowest BCUT2D eigenvalue weighted by Crippen LogP contribution is -2.18. The number of nitrogens with zero attached hydrogens (tertiary/aromatic N) is 3. The Labute approximate surface area is 216 Å². The molecule has 0 radical (unpaired) electrons. The number of amides is 1. The molecule has 0 aliphatic heterocycles. The van der Waals surface area contributed by atoms with Crippen LogP contribution in [0.1, 0.15) is 28.2 Å². The number of rotatable bonds is 9. The number of thiophene rings is 1. The second-order valence-electron chi connectivity index (χ2n) is 8.80. The summed E-state index contributed by atoms with van der Waals surface area (Å²) < 4.78 is 2.17. The third kappa shape index (κ3) is 4.83. The Bertz CT molecular complexity index is 1530. The van der Waals surface area contributed by atoms with Crippen LogP contribution in [-0.2, 0) is 6.54 Å². The van der Waals surface area contributed by atoms with E-state index in [2.05, 4.69) is 31.4 Å². The SMILES string of the molecule is Nc1ccccc1NC(=O)c1ccc(Nc2nc(-c3cnc4cccc(CNCC5CC5)n34)cs2)s1. The van der Waals surface area contributed by atoms with Crippen molar-refractivity contribution < 1.29 is 4.79 Å². The van der Waals surface area contributed by atoms with Crippen LogP contribution < -0.4 is 21.7 Å². The summed E-state index contributed by atoms with van der Waals surface area (Å²) in [5, 5.41) is 13.4. The molecule has 4 heterocycles. The quantitative estimate of drug-likeness (QED) is 0.190. The zero-order valence-corrected chi connectivity index (χ0v) is 21.0. The number of para-hydroxylation sites is 2. The van der Waals surface area contributed by atoms with Crippen molar-refractivity contribution in [2.24, 2.45) is 5.92 Å². The van der Waals surface area contributed by atoms with Crippen LogP contribution in [0.4, 0.5) is 21.5 Å². The highest BCUT2D eigenvalue weighted by atomic mass is 32.1. The molecule has 5 aromatic rings. The van der Waals surface area contributed by atoms with E-state index in [9.17, 15) is 4.79 Å². The molecule has 4 aromatic heterocycles. The number of benzene rings is 1. The van der Waals surface area contributed by atoms with E-state index in [0.29, 0.717) is 16.3 Å². The minimum absolute atomic E-state index is 0.195. The number of anilines is 4. The number of thiazole rings is 1. The lowest BCUT2D eigenvalue weighted by atomic mass is 10.2. The van der Waals surface area contributed by atoms with Crippen molar-refractivity contribution in [3.05, 3.63) is 76.7 Å². The first-order valence-electron chi connectivity index (χ1n) is 11.8. The Morgan fingerprint density at radius 1 is 1.11 bits per heavy atom. The first-order chi connectivity index (χ1) is 17.6. The van der Waals surface area contributed by atoms with Gasteiger partial charge < -0.3 is 21.7 Å². The zero-order chi connectivity index (χ0) is 24.5. The van der Waals surface area contributed by atoms with Gasteiger partial charge in [0.1, 0.15) is 11.3 Å². The number of carbonyl (C=O) groups is 1. The maximum Gasteiger partial charge on any atom is 0.265 e. The maximum atomic E-state index is 12.7. The molecule has 1 aromatic carbocycles. The van der Waals surface area contributed by atoms with Crippen LogP contribution in [0.25, 0.3) is 17.0 Å². The largest absolute Gasteiger partial charge is 0.397 e. The Morgan fingerprint density at radius 2 is 2.00 bits per heavy atom. The van der Waals surface area contributed by atoms with E-state index < -0.39 is 0 Å². The van der Waals surface area contributed by atoms with E-state index in [1.807, 2.05) is 41.9 Å². The Morgan fingerprint density at radius 3 is 2.86 bits per heavy atom. The lowest BCUT2D eigenvalue weighted by Gasteiger charge is -2.09. The molecule has 182 valence electrons. The first kappa shape index (κ1) is 22.7. The normalized spacial score (nSPS) is 13.2. The van der Waals surface area contributed by atoms with Crippen LogP contribution in [0.5, 0.6) is 0 Å². The lowest BCUT2D eigenvalue weighted by molar-refractivity contribution is 0.103. The highest BCUT2D eigenvalue weighted by Gasteiger charge is 2.20. The van der Waals surface area contributed by atoms with Crippen LogP contribution in [0.3, 0.4) is 0 Å². The molecule has 1 fully saturated rings. The van der Waals surface area contributed by atoms with E-state index in [1.165, 1.54) is 35.5 Å². The van der Waals surface area contributed by atoms with Crippen molar-refractivity contribution in [1.29, 1.82) is 0 Å². The van der Waals surface area contributed by atoms with Crippen molar-refractivity contribution in [3.63, 3.8) is 0 Å². The number of nitrogen functional groups attached to an aromatic ring is 1. The van der Waals surface area contributed by atoms with Crippen molar-refractivity contribution in [2.45, 2.75) is 19.4 Å². The standard InChI is InChI=1S/C26H25N7OS2/c27-18-5-1-2-6-19(18)30-25(34)22-10-11-24(36-22)32-26-31-20(15-35-26)21-14-29-23-7-3-4-17(33(21)23)13-28-12-16-8-9-16/h1-7,10-11,14-16,28H,8-9,12-13,27H2,(H,30,34)(H,31,32). The highest BCUT2D eigenvalue weighted by Crippen LogP contribution is 2.32. The fraction of sp³-hybridized carbons (Fsp3) is 0.192. The number of pyridine rings is 1. The summed E-state index contributed by atoms with van der Waals surface area (Å²) >= 11 is 2.89. The predicted octanol–water partition coefficient (Wildman–Crippen LogP) is 5.60. The van der Waals surface area contributed by atoms with Crippen LogP contribution in [0, 0.1) is 5.92 Å². The van der Waals surface area contributed by atoms with Gasteiger partial charge in [-0.3, -0.25) is 9.20 Å². The van der Waals surface area contributed by atoms with Crippen molar-refractivity contribution >= 4 is 55.7 Å². The van der Waals surface area contributed by atoms with Crippen molar-refractivity contribution in [1.82, 2.24) is 19.7 Å². The van der Waals surface area contributed by atoms with Gasteiger partial charge in [0, 0.05) is 17.6 Å². The number of nitrogens with one attached hydrogen (secondary N) is 3. The second kappa shape index (κ2) is 9.73. The Kier molecular flexibility index (Phi) is 6.14. The number of fused-ring (bicyclic) bond motifs is 1. The van der Waals surface area contributed by atoms with E-state index >= 15 is 0 Å². The van der Waals surface area contributed by atoms with Gasteiger partial charge in [0.25, 0.3) is 5.91 Å². The van der Waals surface area contributed by atoms with E-state index in [4.69, 9.17) is 10.7 Å². The molecule has 0 bridgehead atoms. The molecule has 8 nitrogen and oxygen atoms in total. The first-order valence-corrected chi connectivity index (χ1v) is 13.5. The number of nitrogens with two attached hydrogens (primary N) is 1. The summed E-state index contributed by atoms with van der Waals surface area (Å²) in [5.74, 6) is 0.637. The molecule has 0 unspecified atom stereocenters. The predicted molar refractivity (Wildman–Crippen MR) is 147 cm³/mol. The van der Waals surface area contributed by atoms with E-state index in [0.717, 1.165) is 51.9 Å². The molecular formula is C26H25N7OS2. The Hall–Kier alpha value is -3.73. The summed E-state index contributed by atoms with van der Waals surface area (Å²) in [4.78, 5) is 22.6. The van der Waals surface area contributed by atoms with E-state index in [1.54, 1.807) is 18.2 Å². The fourth-order valence-corrected chi connectivity index (χ4v) is 5.61. The molecule has 36 heavy (non-hydrogen) atoms. The van der Waals surface area contributed by atoms with Gasteiger partial charge in [0.15, 0.2) is 5.13 Å². The summed E-state index contributed by atoms with van der Waals surface area (Å²) in [7, 11) is 0. The summed E-state index contributed by atoms with van der Waals surface area (Å²) in [6.45, 7) is 1.85. The molecule has 1 saturated carbocycles. The smallest absolute Gasteiger partial charge is 0.265 e. The fourth-order valence-electron chi connectivity index (χ4n) is 4.03. The molecule has 1 aliphatic carbocycles. The number of hydrogen-bond acceptors (Lipinski definition) is 8. The summed E-state index contributed by atoms with van der Waals surface area (Å²) in [5.41, 5.74) is 11.0. The summed E-state index contributed by atoms with van der Waals surface area (Å²) in [6.07, 6.45) is 4.54. The number of imidazole rings is 1. The van der Waals surface area contributed by atoms with Crippen molar-refractivity contribution in [3.8, 4) is 11.4 Å². The molecule has 5 N–H and O–H groups in total. The topological polar surface area (TPSA) is 109 Å². The molecule has 1 amide bonds. The monoisotopic (exact) mass is 515 g/mol. The van der Waals surface area contributed by atoms with Crippen molar-refractivity contribution in [2.75, 3.05) is 22.9 Å². The number of carbonyl (C=O) groups excluding carboxylic acids is 1. The molecule has 6 rings (SSSR count). The van der Waals surface area contributed by atoms with Gasteiger partial charge in [-0.15, -0.1) is 22.7 Å². The van der Waals surface area contributed by atoms with Gasteiger partial charge in [0.2, 0.25) is 0 Å². The van der Waals surface area contributed by atoms with Gasteiger partial charge in [-0.25, -0.2) is 9.97 Å². The van der Waals surface area contributed by atoms with E-state index in [-0.39, 0.29) is 5.91 Å². The zero-order valence-electron chi connectivity index (χ0n) is 19.4. The van der Waals surface area contributed by atoms with Gasteiger partial charge >= 0.3 is 0 Å². The van der Waals surface area contributed by atoms with Crippen LogP contribution in [-0.4, -0.2) is 26.8 Å². The minimum atomic E-state index is -0.195. The van der Waals surface area contributed by atoms with Crippen LogP contribution in [0.15, 0.2) is 66.2 Å². The van der Waals surface area contributed by atoms with Gasteiger partial charge in [-0.05, 0) is 61.7 Å². The summed E-state index contributed by atoms with van der Waals surface area (Å²) in [6, 6.07) is 17.1. The number of aromatic nitrogens is 3. The average molecular weight is 516 g/mol. The molecular weight excluding hydrogens is 490 g/mol. The molecule has 10 heteroatoms. The molecule has 0 saturated heterocycles. The minimum Gasteiger partial charge on any atom is -0.397 e. The Balaban J connectivity index is 1.17. The molecule has 1 aliphatic rings. The second-order valence-corrected chi connectivity index (χ2v) is 10.7. The third-order valence-electron chi connectivity index (χ3n) is 6.08. The molecule has 0 atom stereocenters. The third-order valence-corrected chi connectivity index (χ3v) is 7.84. The van der Waals surface area contributed by atoms with Crippen LogP contribution >= 0.6 is 22.7 Å². The highest BCUT2D eigenvalue weighted by molar-refractivity contribution is 7.19.